The number of fused-ring (bicyclic) bond motifs is 15. The number of rotatable bonds is 4. The molecule has 0 aliphatic carbocycles. The predicted molar refractivity (Wildman–Crippen MR) is 267 cm³/mol. The summed E-state index contributed by atoms with van der Waals surface area (Å²) in [6, 6.07) is 82.8. The SMILES string of the molecule is c1ccc(-n2c3ccccc3c3cc(-c4ccc5c(c4)c4ccccc4n5-c4ccc5c6ccccc6n(-c6ccc7c8ccccc8c8ccccc8c7c6)c5c4)ccc32)cc1. The number of benzene rings is 11. The quantitative estimate of drug-likeness (QED) is 0.158. The van der Waals surface area contributed by atoms with Gasteiger partial charge in [-0.2, -0.15) is 0 Å². The molecule has 3 heteroatoms. The molecule has 0 atom stereocenters. The van der Waals surface area contributed by atoms with Gasteiger partial charge in [0.05, 0.1) is 33.1 Å². The summed E-state index contributed by atoms with van der Waals surface area (Å²) < 4.78 is 7.30. The Kier molecular flexibility index (Phi) is 7.11. The average molecular weight is 800 g/mol. The van der Waals surface area contributed by atoms with Gasteiger partial charge in [0.1, 0.15) is 0 Å². The maximum absolute atomic E-state index is 2.47. The first-order chi connectivity index (χ1) is 31.3. The number of hydrogen-bond acceptors (Lipinski definition) is 0. The zero-order valence-electron chi connectivity index (χ0n) is 34.2. The van der Waals surface area contributed by atoms with E-state index in [1.807, 2.05) is 0 Å². The Morgan fingerprint density at radius 1 is 0.175 bits per heavy atom. The molecule has 3 heterocycles. The van der Waals surface area contributed by atoms with Gasteiger partial charge in [-0.3, -0.25) is 0 Å². The van der Waals surface area contributed by atoms with Gasteiger partial charge >= 0.3 is 0 Å². The van der Waals surface area contributed by atoms with Crippen LogP contribution in [0.2, 0.25) is 0 Å². The van der Waals surface area contributed by atoms with Gasteiger partial charge in [-0.15, -0.1) is 0 Å². The molecule has 292 valence electrons. The molecule has 0 radical (unpaired) electrons. The summed E-state index contributed by atoms with van der Waals surface area (Å²) in [5.41, 5.74) is 13.1. The first kappa shape index (κ1) is 34.3. The van der Waals surface area contributed by atoms with E-state index in [1.54, 1.807) is 0 Å². The Balaban J connectivity index is 0.961. The van der Waals surface area contributed by atoms with E-state index < -0.39 is 0 Å². The molecule has 63 heavy (non-hydrogen) atoms. The highest BCUT2D eigenvalue weighted by molar-refractivity contribution is 6.26. The monoisotopic (exact) mass is 799 g/mol. The van der Waals surface area contributed by atoms with Gasteiger partial charge < -0.3 is 13.7 Å². The molecule has 0 saturated heterocycles. The normalized spacial score (nSPS) is 12.1. The van der Waals surface area contributed by atoms with Gasteiger partial charge in [0.15, 0.2) is 0 Å². The fourth-order valence-electron chi connectivity index (χ4n) is 10.8. The van der Waals surface area contributed by atoms with Gasteiger partial charge in [-0.05, 0) is 122 Å². The third-order valence-electron chi connectivity index (χ3n) is 13.6. The van der Waals surface area contributed by atoms with Crippen LogP contribution in [0, 0.1) is 0 Å². The minimum absolute atomic E-state index is 1.14. The molecule has 0 amide bonds. The van der Waals surface area contributed by atoms with Gasteiger partial charge in [0, 0.05) is 49.4 Å². The maximum Gasteiger partial charge on any atom is 0.0561 e. The minimum atomic E-state index is 1.14. The molecule has 3 aromatic heterocycles. The van der Waals surface area contributed by atoms with Gasteiger partial charge in [-0.1, -0.05) is 146 Å². The van der Waals surface area contributed by atoms with Crippen LogP contribution in [-0.2, 0) is 0 Å². The predicted octanol–water partition coefficient (Wildman–Crippen LogP) is 16.1. The minimum Gasteiger partial charge on any atom is -0.309 e. The van der Waals surface area contributed by atoms with Crippen molar-refractivity contribution in [2.45, 2.75) is 0 Å². The Hall–Kier alpha value is -8.40. The summed E-state index contributed by atoms with van der Waals surface area (Å²) >= 11 is 0. The number of hydrogen-bond donors (Lipinski definition) is 0. The molecule has 0 unspecified atom stereocenters. The second-order valence-electron chi connectivity index (χ2n) is 16.9. The molecular formula is C60H37N3. The lowest BCUT2D eigenvalue weighted by Gasteiger charge is -2.14. The summed E-state index contributed by atoms with van der Waals surface area (Å²) in [5, 5.41) is 15.2. The van der Waals surface area contributed by atoms with Crippen LogP contribution in [0.3, 0.4) is 0 Å². The molecule has 11 aromatic carbocycles. The first-order valence-corrected chi connectivity index (χ1v) is 21.8. The highest BCUT2D eigenvalue weighted by Gasteiger charge is 2.19. The molecular weight excluding hydrogens is 763 g/mol. The summed E-state index contributed by atoms with van der Waals surface area (Å²) in [7, 11) is 0. The second-order valence-corrected chi connectivity index (χ2v) is 16.9. The van der Waals surface area contributed by atoms with Crippen LogP contribution in [0.25, 0.3) is 126 Å². The lowest BCUT2D eigenvalue weighted by molar-refractivity contribution is 1.16. The maximum atomic E-state index is 2.47. The molecule has 0 aliphatic heterocycles. The van der Waals surface area contributed by atoms with Crippen LogP contribution in [0.1, 0.15) is 0 Å². The lowest BCUT2D eigenvalue weighted by Crippen LogP contribution is -1.97. The van der Waals surface area contributed by atoms with Gasteiger partial charge in [0.25, 0.3) is 0 Å². The van der Waals surface area contributed by atoms with Crippen LogP contribution in [-0.4, -0.2) is 13.7 Å². The zero-order valence-corrected chi connectivity index (χ0v) is 34.2. The Morgan fingerprint density at radius 2 is 0.524 bits per heavy atom. The molecule has 0 N–H and O–H groups in total. The molecule has 0 saturated carbocycles. The summed E-state index contributed by atoms with van der Waals surface area (Å²) in [6.07, 6.45) is 0. The van der Waals surface area contributed by atoms with Crippen molar-refractivity contribution in [3.63, 3.8) is 0 Å². The van der Waals surface area contributed by atoms with Crippen LogP contribution < -0.4 is 0 Å². The Morgan fingerprint density at radius 3 is 1.06 bits per heavy atom. The largest absolute Gasteiger partial charge is 0.309 e. The van der Waals surface area contributed by atoms with E-state index in [-0.39, 0.29) is 0 Å². The van der Waals surface area contributed by atoms with Gasteiger partial charge in [-0.25, -0.2) is 0 Å². The molecule has 3 nitrogen and oxygen atoms in total. The summed E-state index contributed by atoms with van der Waals surface area (Å²) in [6.45, 7) is 0. The fraction of sp³-hybridized carbons (Fsp3) is 0. The highest BCUT2D eigenvalue weighted by atomic mass is 15.0. The van der Waals surface area contributed by atoms with E-state index in [1.165, 1.54) is 115 Å². The van der Waals surface area contributed by atoms with Crippen molar-refractivity contribution in [2.24, 2.45) is 0 Å². The van der Waals surface area contributed by atoms with E-state index in [0.717, 1.165) is 11.4 Å². The number of nitrogens with zero attached hydrogens (tertiary/aromatic N) is 3. The lowest BCUT2D eigenvalue weighted by atomic mass is 9.94. The summed E-state index contributed by atoms with van der Waals surface area (Å²) in [4.78, 5) is 0. The van der Waals surface area contributed by atoms with Crippen molar-refractivity contribution in [3.05, 3.63) is 224 Å². The van der Waals surface area contributed by atoms with E-state index in [2.05, 4.69) is 238 Å². The van der Waals surface area contributed by atoms with Crippen molar-refractivity contribution in [3.8, 4) is 28.2 Å². The van der Waals surface area contributed by atoms with Crippen molar-refractivity contribution < 1.29 is 0 Å². The van der Waals surface area contributed by atoms with E-state index in [4.69, 9.17) is 0 Å². The third kappa shape index (κ3) is 4.90. The number of para-hydroxylation sites is 4. The molecule has 0 fully saturated rings. The zero-order chi connectivity index (χ0) is 41.2. The molecule has 0 spiro atoms. The highest BCUT2D eigenvalue weighted by Crippen LogP contribution is 2.42. The number of aromatic nitrogens is 3. The third-order valence-corrected chi connectivity index (χ3v) is 13.6. The Labute approximate surface area is 362 Å². The molecule has 14 rings (SSSR count). The van der Waals surface area contributed by atoms with Gasteiger partial charge in [0.2, 0.25) is 0 Å². The average Bonchev–Trinajstić information content (AvgIpc) is 3.99. The standard InChI is InChI=1S/C60H37N3/c1-2-14-40(15-3-1)61-56-24-12-9-21-49(56)53-34-38(26-32-58(53)61)39-27-33-59-54(35-39)50-22-10-13-25-57(50)62(59)42-29-31-51-48-20-8-11-23-55(48)63(60(51)37-42)41-28-30-47-45-18-5-4-16-43(45)44-17-6-7-19-46(44)52(47)36-41/h1-37H. The van der Waals surface area contributed by atoms with Crippen molar-refractivity contribution >= 4 is 97.7 Å². The fourth-order valence-corrected chi connectivity index (χ4v) is 10.8. The topological polar surface area (TPSA) is 14.8 Å². The second kappa shape index (κ2) is 13.1. The van der Waals surface area contributed by atoms with E-state index >= 15 is 0 Å². The van der Waals surface area contributed by atoms with Crippen molar-refractivity contribution in [2.75, 3.05) is 0 Å². The van der Waals surface area contributed by atoms with Crippen LogP contribution in [0.15, 0.2) is 224 Å². The van der Waals surface area contributed by atoms with E-state index in [0.29, 0.717) is 0 Å². The van der Waals surface area contributed by atoms with Crippen molar-refractivity contribution in [1.82, 2.24) is 13.7 Å². The molecule has 14 aromatic rings. The molecule has 0 bridgehead atoms. The van der Waals surface area contributed by atoms with Crippen molar-refractivity contribution in [1.29, 1.82) is 0 Å². The molecule has 0 aliphatic rings. The summed E-state index contributed by atoms with van der Waals surface area (Å²) in [5.74, 6) is 0. The van der Waals surface area contributed by atoms with E-state index in [9.17, 15) is 0 Å². The van der Waals surface area contributed by atoms with Crippen LogP contribution >= 0.6 is 0 Å². The smallest absolute Gasteiger partial charge is 0.0561 e. The van der Waals surface area contributed by atoms with Crippen LogP contribution in [0.4, 0.5) is 0 Å². The first-order valence-electron chi connectivity index (χ1n) is 21.8. The Bertz CT molecular complexity index is 4160. The van der Waals surface area contributed by atoms with Crippen LogP contribution in [0.5, 0.6) is 0 Å².